The third kappa shape index (κ3) is 4.81. The van der Waals surface area contributed by atoms with Gasteiger partial charge >= 0.3 is 11.8 Å². The Bertz CT molecular complexity index is 336. The number of amides is 2. The predicted molar refractivity (Wildman–Crippen MR) is 77.5 cm³/mol. The Balaban J connectivity index is 2.45. The number of hydrogen-bond acceptors (Lipinski definition) is 4. The van der Waals surface area contributed by atoms with Crippen molar-refractivity contribution in [2.45, 2.75) is 24.5 Å². The Morgan fingerprint density at radius 3 is 2.78 bits per heavy atom. The Morgan fingerprint density at radius 1 is 1.44 bits per heavy atom. The fourth-order valence-electron chi connectivity index (χ4n) is 1.89. The summed E-state index contributed by atoms with van der Waals surface area (Å²) in [6, 6.07) is 0. The molecule has 0 aliphatic carbocycles. The lowest BCUT2D eigenvalue weighted by molar-refractivity contribution is -0.145. The minimum absolute atomic E-state index is 0.0706. The maximum absolute atomic E-state index is 11.9. The molecule has 1 atom stereocenters. The van der Waals surface area contributed by atoms with Crippen LogP contribution in [0.5, 0.6) is 0 Å². The molecule has 1 heterocycles. The number of rotatable bonds is 3. The van der Waals surface area contributed by atoms with E-state index in [0.29, 0.717) is 18.3 Å². The zero-order valence-electron chi connectivity index (χ0n) is 10.5. The predicted octanol–water partition coefficient (Wildman–Crippen LogP) is 0.133. The van der Waals surface area contributed by atoms with Gasteiger partial charge in [-0.1, -0.05) is 12.2 Å². The molecular formula is C11H19N3O2S2. The van der Waals surface area contributed by atoms with E-state index in [4.69, 9.17) is 5.73 Å². The Labute approximate surface area is 117 Å². The van der Waals surface area contributed by atoms with Gasteiger partial charge in [-0.3, -0.25) is 9.59 Å². The summed E-state index contributed by atoms with van der Waals surface area (Å²) >= 11 is 6.47. The van der Waals surface area contributed by atoms with Gasteiger partial charge in [-0.25, -0.2) is 0 Å². The molecular weight excluding hydrogens is 270 g/mol. The summed E-state index contributed by atoms with van der Waals surface area (Å²) in [5.74, 6) is -1.10. The summed E-state index contributed by atoms with van der Waals surface area (Å²) in [6.45, 7) is 1.36. The van der Waals surface area contributed by atoms with Crippen molar-refractivity contribution in [3.63, 3.8) is 0 Å². The number of thioether (sulfide) groups is 1. The normalized spacial score (nSPS) is 20.1. The highest BCUT2D eigenvalue weighted by atomic mass is 32.2. The quantitative estimate of drug-likeness (QED) is 0.571. The number of nitrogens with one attached hydrogen (secondary N) is 1. The van der Waals surface area contributed by atoms with Gasteiger partial charge in [-0.2, -0.15) is 11.8 Å². The number of thiocarbonyl (C=S) groups is 1. The number of hydrogen-bond donors (Lipinski definition) is 2. The average Bonchev–Trinajstić information content (AvgIpc) is 2.60. The van der Waals surface area contributed by atoms with Crippen LogP contribution in [0.1, 0.15) is 19.3 Å². The topological polar surface area (TPSA) is 75.4 Å². The Hall–Kier alpha value is -0.820. The van der Waals surface area contributed by atoms with Crippen LogP contribution in [-0.2, 0) is 9.59 Å². The van der Waals surface area contributed by atoms with Gasteiger partial charge in [0, 0.05) is 18.3 Å². The molecule has 1 aliphatic rings. The third-order valence-corrected chi connectivity index (χ3v) is 4.20. The van der Waals surface area contributed by atoms with Crippen molar-refractivity contribution >= 4 is 40.8 Å². The van der Waals surface area contributed by atoms with Crippen molar-refractivity contribution in [2.24, 2.45) is 5.73 Å². The number of likely N-dealkylation sites (tertiary alicyclic amines) is 1. The van der Waals surface area contributed by atoms with Crippen molar-refractivity contribution in [3.8, 4) is 0 Å². The van der Waals surface area contributed by atoms with Crippen LogP contribution in [0.4, 0.5) is 0 Å². The molecule has 1 aliphatic heterocycles. The number of nitrogens with two attached hydrogens (primary N) is 1. The van der Waals surface area contributed by atoms with E-state index in [1.807, 2.05) is 11.8 Å². The molecule has 1 rings (SSSR count). The van der Waals surface area contributed by atoms with Gasteiger partial charge in [0.1, 0.15) is 0 Å². The molecule has 0 radical (unpaired) electrons. The van der Waals surface area contributed by atoms with Crippen LogP contribution in [0.2, 0.25) is 0 Å². The summed E-state index contributed by atoms with van der Waals surface area (Å²) in [6.07, 6.45) is 5.06. The molecule has 0 aromatic rings. The molecule has 0 saturated carbocycles. The van der Waals surface area contributed by atoms with E-state index in [1.165, 1.54) is 0 Å². The fraction of sp³-hybridized carbons (Fsp3) is 0.727. The SMILES string of the molecule is CSC1CCCN(C(=O)C(=O)NCC(N)=S)CC1. The van der Waals surface area contributed by atoms with Crippen LogP contribution in [0.3, 0.4) is 0 Å². The average molecular weight is 289 g/mol. The van der Waals surface area contributed by atoms with E-state index < -0.39 is 11.8 Å². The van der Waals surface area contributed by atoms with Crippen LogP contribution in [0.25, 0.3) is 0 Å². The highest BCUT2D eigenvalue weighted by Crippen LogP contribution is 2.21. The lowest BCUT2D eigenvalue weighted by atomic mass is 10.2. The van der Waals surface area contributed by atoms with E-state index in [-0.39, 0.29) is 11.5 Å². The van der Waals surface area contributed by atoms with Gasteiger partial charge in [-0.05, 0) is 25.5 Å². The first kappa shape index (κ1) is 15.2. The molecule has 0 bridgehead atoms. The first-order chi connectivity index (χ1) is 8.54. The molecule has 2 amide bonds. The summed E-state index contributed by atoms with van der Waals surface area (Å²) in [4.78, 5) is 25.3. The second-order valence-electron chi connectivity index (χ2n) is 4.23. The zero-order valence-corrected chi connectivity index (χ0v) is 12.1. The molecule has 3 N–H and O–H groups in total. The van der Waals surface area contributed by atoms with Gasteiger partial charge < -0.3 is 16.0 Å². The number of carbonyl (C=O) groups excluding carboxylic acids is 2. The maximum Gasteiger partial charge on any atom is 0.311 e. The van der Waals surface area contributed by atoms with Gasteiger partial charge in [0.25, 0.3) is 0 Å². The summed E-state index contributed by atoms with van der Waals surface area (Å²) in [5, 5.41) is 3.01. The van der Waals surface area contributed by atoms with E-state index in [9.17, 15) is 9.59 Å². The largest absolute Gasteiger partial charge is 0.392 e. The minimum Gasteiger partial charge on any atom is -0.392 e. The third-order valence-electron chi connectivity index (χ3n) is 2.91. The van der Waals surface area contributed by atoms with Crippen LogP contribution in [0.15, 0.2) is 0 Å². The zero-order chi connectivity index (χ0) is 13.5. The van der Waals surface area contributed by atoms with Crippen molar-refractivity contribution in [1.29, 1.82) is 0 Å². The smallest absolute Gasteiger partial charge is 0.311 e. The highest BCUT2D eigenvalue weighted by molar-refractivity contribution is 7.99. The summed E-state index contributed by atoms with van der Waals surface area (Å²) < 4.78 is 0. The maximum atomic E-state index is 11.9. The van der Waals surface area contributed by atoms with Gasteiger partial charge in [-0.15, -0.1) is 0 Å². The molecule has 7 heteroatoms. The lowest BCUT2D eigenvalue weighted by Crippen LogP contribution is -2.45. The molecule has 18 heavy (non-hydrogen) atoms. The van der Waals surface area contributed by atoms with E-state index >= 15 is 0 Å². The number of carbonyl (C=O) groups is 2. The Kier molecular flexibility index (Phi) is 6.42. The first-order valence-electron chi connectivity index (χ1n) is 5.92. The fourth-order valence-corrected chi connectivity index (χ4v) is 2.71. The second-order valence-corrected chi connectivity index (χ2v) is 5.89. The lowest BCUT2D eigenvalue weighted by Gasteiger charge is -2.19. The minimum atomic E-state index is -0.620. The molecule has 1 unspecified atom stereocenters. The van der Waals surface area contributed by atoms with E-state index in [1.54, 1.807) is 4.90 Å². The van der Waals surface area contributed by atoms with Crippen LogP contribution in [0, 0.1) is 0 Å². The van der Waals surface area contributed by atoms with Crippen molar-refractivity contribution in [2.75, 3.05) is 25.9 Å². The number of nitrogens with zero attached hydrogens (tertiary/aromatic N) is 1. The van der Waals surface area contributed by atoms with Crippen molar-refractivity contribution < 1.29 is 9.59 Å². The Morgan fingerprint density at radius 2 is 2.17 bits per heavy atom. The molecule has 0 aromatic carbocycles. The van der Waals surface area contributed by atoms with Crippen LogP contribution in [-0.4, -0.2) is 52.8 Å². The monoisotopic (exact) mass is 289 g/mol. The molecule has 1 fully saturated rings. The first-order valence-corrected chi connectivity index (χ1v) is 7.62. The van der Waals surface area contributed by atoms with E-state index in [2.05, 4.69) is 23.8 Å². The molecule has 0 aromatic heterocycles. The molecule has 1 saturated heterocycles. The van der Waals surface area contributed by atoms with Gasteiger partial charge in [0.05, 0.1) is 11.5 Å². The second kappa shape index (κ2) is 7.58. The molecule has 5 nitrogen and oxygen atoms in total. The van der Waals surface area contributed by atoms with Gasteiger partial charge in [0.15, 0.2) is 0 Å². The van der Waals surface area contributed by atoms with Crippen LogP contribution < -0.4 is 11.1 Å². The summed E-state index contributed by atoms with van der Waals surface area (Å²) in [5.41, 5.74) is 5.27. The van der Waals surface area contributed by atoms with Crippen molar-refractivity contribution in [1.82, 2.24) is 10.2 Å². The van der Waals surface area contributed by atoms with Crippen LogP contribution >= 0.6 is 24.0 Å². The van der Waals surface area contributed by atoms with Crippen molar-refractivity contribution in [3.05, 3.63) is 0 Å². The highest BCUT2D eigenvalue weighted by Gasteiger charge is 2.24. The summed E-state index contributed by atoms with van der Waals surface area (Å²) in [7, 11) is 0. The van der Waals surface area contributed by atoms with E-state index in [0.717, 1.165) is 19.3 Å². The van der Waals surface area contributed by atoms with Gasteiger partial charge in [0.2, 0.25) is 0 Å². The molecule has 0 spiro atoms. The standard InChI is InChI=1S/C11H19N3O2S2/c1-18-8-3-2-5-14(6-4-8)11(16)10(15)13-7-9(12)17/h8H,2-7H2,1H3,(H2,12,17)(H,13,15). The molecule has 102 valence electrons.